The van der Waals surface area contributed by atoms with Gasteiger partial charge in [-0.3, -0.25) is 0 Å². The summed E-state index contributed by atoms with van der Waals surface area (Å²) in [5.74, 6) is -0.0363. The maximum Gasteiger partial charge on any atom is 0.151 e. The van der Waals surface area contributed by atoms with Crippen LogP contribution in [0.15, 0.2) is 18.2 Å². The molecule has 1 fully saturated rings. The molecule has 19 heavy (non-hydrogen) atoms. The van der Waals surface area contributed by atoms with Crippen molar-refractivity contribution in [3.8, 4) is 6.07 Å². The summed E-state index contributed by atoms with van der Waals surface area (Å²) in [6, 6.07) is 5.87. The molecule has 0 spiro atoms. The first-order valence-corrected chi connectivity index (χ1v) is 7.94. The Bertz CT molecular complexity index is 608. The SMILES string of the molecule is N#Cc1ccc(F)cc1CNC1CCCS(=O)(=O)C1. The molecule has 0 aromatic heterocycles. The first kappa shape index (κ1) is 14.0. The second kappa shape index (κ2) is 5.68. The van der Waals surface area contributed by atoms with Crippen LogP contribution in [0.4, 0.5) is 4.39 Å². The third kappa shape index (κ3) is 3.75. The van der Waals surface area contributed by atoms with Gasteiger partial charge in [0, 0.05) is 12.6 Å². The largest absolute Gasteiger partial charge is 0.309 e. The number of halogens is 1. The summed E-state index contributed by atoms with van der Waals surface area (Å²) in [4.78, 5) is 0. The number of nitriles is 1. The Labute approximate surface area is 112 Å². The highest BCUT2D eigenvalue weighted by atomic mass is 32.2. The summed E-state index contributed by atoms with van der Waals surface area (Å²) in [7, 11) is -2.96. The van der Waals surface area contributed by atoms with Crippen molar-refractivity contribution in [2.75, 3.05) is 11.5 Å². The molecular formula is C13H15FN2O2S. The molecule has 1 aliphatic heterocycles. The summed E-state index contributed by atoms with van der Waals surface area (Å²) in [6.07, 6.45) is 1.44. The van der Waals surface area contributed by atoms with Crippen LogP contribution in [0.3, 0.4) is 0 Å². The van der Waals surface area contributed by atoms with Crippen molar-refractivity contribution in [1.29, 1.82) is 5.26 Å². The summed E-state index contributed by atoms with van der Waals surface area (Å²) in [6.45, 7) is 0.306. The smallest absolute Gasteiger partial charge is 0.151 e. The molecule has 0 amide bonds. The molecule has 1 saturated heterocycles. The normalized spacial score (nSPS) is 21.8. The van der Waals surface area contributed by atoms with E-state index in [1.54, 1.807) is 0 Å². The van der Waals surface area contributed by atoms with Gasteiger partial charge in [0.05, 0.1) is 23.1 Å². The first-order valence-electron chi connectivity index (χ1n) is 6.12. The van der Waals surface area contributed by atoms with Gasteiger partial charge in [0.1, 0.15) is 5.82 Å². The summed E-state index contributed by atoms with van der Waals surface area (Å²) in [5.41, 5.74) is 0.970. The van der Waals surface area contributed by atoms with Crippen molar-refractivity contribution in [3.05, 3.63) is 35.1 Å². The van der Waals surface area contributed by atoms with Crippen molar-refractivity contribution < 1.29 is 12.8 Å². The highest BCUT2D eigenvalue weighted by molar-refractivity contribution is 7.91. The van der Waals surface area contributed by atoms with Gasteiger partial charge in [-0.2, -0.15) is 5.26 Å². The van der Waals surface area contributed by atoms with E-state index in [1.165, 1.54) is 18.2 Å². The van der Waals surface area contributed by atoms with Crippen LogP contribution in [-0.4, -0.2) is 26.0 Å². The van der Waals surface area contributed by atoms with Gasteiger partial charge in [-0.15, -0.1) is 0 Å². The van der Waals surface area contributed by atoms with Crippen molar-refractivity contribution in [3.63, 3.8) is 0 Å². The van der Waals surface area contributed by atoms with E-state index in [0.717, 1.165) is 6.42 Å². The van der Waals surface area contributed by atoms with Gasteiger partial charge >= 0.3 is 0 Å². The van der Waals surface area contributed by atoms with E-state index >= 15 is 0 Å². The van der Waals surface area contributed by atoms with Crippen molar-refractivity contribution in [2.24, 2.45) is 0 Å². The molecular weight excluding hydrogens is 267 g/mol. The molecule has 2 rings (SSSR count). The average Bonchev–Trinajstić information content (AvgIpc) is 2.35. The molecule has 6 heteroatoms. The molecule has 1 atom stereocenters. The predicted molar refractivity (Wildman–Crippen MR) is 69.6 cm³/mol. The molecule has 4 nitrogen and oxygen atoms in total. The van der Waals surface area contributed by atoms with E-state index in [0.29, 0.717) is 24.1 Å². The summed E-state index contributed by atoms with van der Waals surface area (Å²) in [5, 5.41) is 12.0. The number of nitrogens with zero attached hydrogens (tertiary/aromatic N) is 1. The molecule has 1 unspecified atom stereocenters. The topological polar surface area (TPSA) is 70.0 Å². The molecule has 1 aliphatic rings. The van der Waals surface area contributed by atoms with E-state index in [9.17, 15) is 12.8 Å². The quantitative estimate of drug-likeness (QED) is 0.909. The minimum Gasteiger partial charge on any atom is -0.309 e. The van der Waals surface area contributed by atoms with Crippen LogP contribution in [0, 0.1) is 17.1 Å². The second-order valence-electron chi connectivity index (χ2n) is 4.75. The average molecular weight is 282 g/mol. The van der Waals surface area contributed by atoms with Crippen LogP contribution in [-0.2, 0) is 16.4 Å². The first-order chi connectivity index (χ1) is 9.00. The monoisotopic (exact) mass is 282 g/mol. The Morgan fingerprint density at radius 1 is 1.47 bits per heavy atom. The van der Waals surface area contributed by atoms with Crippen LogP contribution >= 0.6 is 0 Å². The van der Waals surface area contributed by atoms with Crippen LogP contribution < -0.4 is 5.32 Å². The zero-order valence-electron chi connectivity index (χ0n) is 10.4. The van der Waals surface area contributed by atoms with E-state index in [2.05, 4.69) is 5.32 Å². The maximum absolute atomic E-state index is 13.1. The zero-order chi connectivity index (χ0) is 13.9. The summed E-state index contributed by atoms with van der Waals surface area (Å²) < 4.78 is 36.1. The van der Waals surface area contributed by atoms with Gasteiger partial charge in [-0.05, 0) is 36.6 Å². The number of rotatable bonds is 3. The fourth-order valence-corrected chi connectivity index (χ4v) is 3.93. The Hall–Kier alpha value is -1.45. The van der Waals surface area contributed by atoms with Crippen molar-refractivity contribution >= 4 is 9.84 Å². The van der Waals surface area contributed by atoms with Crippen LogP contribution in [0.25, 0.3) is 0 Å². The van der Waals surface area contributed by atoms with Gasteiger partial charge in [0.25, 0.3) is 0 Å². The third-order valence-electron chi connectivity index (χ3n) is 3.23. The molecule has 1 aromatic rings. The molecule has 0 aliphatic carbocycles. The van der Waals surface area contributed by atoms with E-state index in [4.69, 9.17) is 5.26 Å². The Morgan fingerprint density at radius 3 is 2.95 bits per heavy atom. The minimum absolute atomic E-state index is 0.115. The van der Waals surface area contributed by atoms with E-state index in [1.807, 2.05) is 6.07 Å². The number of nitrogens with one attached hydrogen (secondary N) is 1. The zero-order valence-corrected chi connectivity index (χ0v) is 11.2. The lowest BCUT2D eigenvalue weighted by Crippen LogP contribution is -2.39. The number of hydrogen-bond donors (Lipinski definition) is 1. The predicted octanol–water partition coefficient (Wildman–Crippen LogP) is 1.36. The second-order valence-corrected chi connectivity index (χ2v) is 6.98. The Morgan fingerprint density at radius 2 is 2.26 bits per heavy atom. The van der Waals surface area contributed by atoms with Crippen molar-refractivity contribution in [1.82, 2.24) is 5.32 Å². The highest BCUT2D eigenvalue weighted by Gasteiger charge is 2.24. The standard InChI is InChI=1S/C13H15FN2O2S/c14-12-4-3-10(7-15)11(6-12)8-16-13-2-1-5-19(17,18)9-13/h3-4,6,13,16H,1-2,5,8-9H2. The molecule has 1 N–H and O–H groups in total. The molecule has 1 aromatic carbocycles. The molecule has 0 saturated carbocycles. The van der Waals surface area contributed by atoms with Crippen LogP contribution in [0.1, 0.15) is 24.0 Å². The fourth-order valence-electron chi connectivity index (χ4n) is 2.26. The minimum atomic E-state index is -2.96. The fraction of sp³-hybridized carbons (Fsp3) is 0.462. The number of benzene rings is 1. The molecule has 0 bridgehead atoms. The maximum atomic E-state index is 13.1. The Balaban J connectivity index is 2.03. The lowest BCUT2D eigenvalue weighted by Gasteiger charge is -2.23. The van der Waals surface area contributed by atoms with Gasteiger partial charge in [-0.1, -0.05) is 0 Å². The van der Waals surface area contributed by atoms with Crippen LogP contribution in [0.2, 0.25) is 0 Å². The molecule has 102 valence electrons. The van der Waals surface area contributed by atoms with Gasteiger partial charge in [0.2, 0.25) is 0 Å². The Kier molecular flexibility index (Phi) is 4.17. The van der Waals surface area contributed by atoms with Gasteiger partial charge in [0.15, 0.2) is 9.84 Å². The van der Waals surface area contributed by atoms with Gasteiger partial charge < -0.3 is 5.32 Å². The van der Waals surface area contributed by atoms with Crippen LogP contribution in [0.5, 0.6) is 0 Å². The van der Waals surface area contributed by atoms with E-state index < -0.39 is 15.7 Å². The third-order valence-corrected chi connectivity index (χ3v) is 5.05. The number of sulfone groups is 1. The highest BCUT2D eigenvalue weighted by Crippen LogP contribution is 2.14. The van der Waals surface area contributed by atoms with E-state index in [-0.39, 0.29) is 17.5 Å². The van der Waals surface area contributed by atoms with Gasteiger partial charge in [-0.25, -0.2) is 12.8 Å². The molecule has 1 heterocycles. The number of hydrogen-bond acceptors (Lipinski definition) is 4. The lowest BCUT2D eigenvalue weighted by atomic mass is 10.1. The lowest BCUT2D eigenvalue weighted by molar-refractivity contribution is 0.479. The summed E-state index contributed by atoms with van der Waals surface area (Å²) >= 11 is 0. The van der Waals surface area contributed by atoms with Crippen molar-refractivity contribution in [2.45, 2.75) is 25.4 Å². The molecule has 0 radical (unpaired) electrons.